The van der Waals surface area contributed by atoms with Gasteiger partial charge in [0.15, 0.2) is 5.69 Å². The number of amides is 1. The molecule has 4 rings (SSSR count). The number of methoxy groups -OCH3 is 1. The van der Waals surface area contributed by atoms with Gasteiger partial charge in [-0.2, -0.15) is 20.1 Å². The number of nitriles is 1. The Morgan fingerprint density at radius 2 is 1.97 bits per heavy atom. The summed E-state index contributed by atoms with van der Waals surface area (Å²) in [6.07, 6.45) is 1.22. The molecule has 10 heteroatoms. The van der Waals surface area contributed by atoms with Gasteiger partial charge < -0.3 is 9.72 Å². The average Bonchev–Trinajstić information content (AvgIpc) is 2.85. The SMILES string of the molecule is COc1ccccc1-n1nc(C(=O)N/N=C/c2cc3cc(C)ccc3[nH]c2=O)c(C)c(C#N)c1=O. The van der Waals surface area contributed by atoms with E-state index in [0.29, 0.717) is 11.3 Å². The van der Waals surface area contributed by atoms with Gasteiger partial charge in [0.25, 0.3) is 17.0 Å². The van der Waals surface area contributed by atoms with E-state index >= 15 is 0 Å². The zero-order chi connectivity index (χ0) is 25.1. The summed E-state index contributed by atoms with van der Waals surface area (Å²) in [6.45, 7) is 3.39. The third-order valence-corrected chi connectivity index (χ3v) is 5.37. The Morgan fingerprint density at radius 1 is 1.20 bits per heavy atom. The number of aryl methyl sites for hydroxylation is 1. The fourth-order valence-corrected chi connectivity index (χ4v) is 3.57. The Kier molecular flexibility index (Phi) is 6.24. The Balaban J connectivity index is 1.70. The van der Waals surface area contributed by atoms with Gasteiger partial charge in [0, 0.05) is 11.1 Å². The second-order valence-corrected chi connectivity index (χ2v) is 7.69. The van der Waals surface area contributed by atoms with Crippen molar-refractivity contribution in [3.8, 4) is 17.5 Å². The van der Waals surface area contributed by atoms with Gasteiger partial charge in [-0.05, 0) is 49.6 Å². The third-order valence-electron chi connectivity index (χ3n) is 5.37. The summed E-state index contributed by atoms with van der Waals surface area (Å²) < 4.78 is 6.23. The van der Waals surface area contributed by atoms with Gasteiger partial charge >= 0.3 is 0 Å². The van der Waals surface area contributed by atoms with Crippen LogP contribution in [0.15, 0.2) is 63.2 Å². The molecule has 0 aliphatic rings. The molecule has 2 N–H and O–H groups in total. The molecule has 2 aromatic carbocycles. The highest BCUT2D eigenvalue weighted by Gasteiger charge is 2.21. The first-order chi connectivity index (χ1) is 16.8. The number of carbonyl (C=O) groups excluding carboxylic acids is 1. The molecular weight excluding hydrogens is 448 g/mol. The molecule has 174 valence electrons. The number of fused-ring (bicyclic) bond motifs is 1. The average molecular weight is 468 g/mol. The second kappa shape index (κ2) is 9.44. The number of carbonyl (C=O) groups is 1. The Bertz CT molecular complexity index is 1660. The third kappa shape index (κ3) is 4.43. The van der Waals surface area contributed by atoms with E-state index in [4.69, 9.17) is 4.74 Å². The molecule has 0 spiro atoms. The summed E-state index contributed by atoms with van der Waals surface area (Å²) in [5, 5.41) is 18.4. The highest BCUT2D eigenvalue weighted by Crippen LogP contribution is 2.21. The van der Waals surface area contributed by atoms with E-state index in [2.05, 4.69) is 20.6 Å². The van der Waals surface area contributed by atoms with E-state index in [1.54, 1.807) is 30.3 Å². The minimum absolute atomic E-state index is 0.107. The lowest BCUT2D eigenvalue weighted by Gasteiger charge is -2.13. The molecule has 0 radical (unpaired) electrons. The van der Waals surface area contributed by atoms with E-state index in [1.165, 1.54) is 20.2 Å². The molecule has 0 atom stereocenters. The lowest BCUT2D eigenvalue weighted by Crippen LogP contribution is -2.31. The number of hydrogen-bond donors (Lipinski definition) is 2. The summed E-state index contributed by atoms with van der Waals surface area (Å²) in [4.78, 5) is 40.8. The number of hydrogen-bond acceptors (Lipinski definition) is 7. The molecule has 0 saturated carbocycles. The van der Waals surface area contributed by atoms with Gasteiger partial charge in [-0.3, -0.25) is 14.4 Å². The van der Waals surface area contributed by atoms with Crippen molar-refractivity contribution < 1.29 is 9.53 Å². The van der Waals surface area contributed by atoms with Crippen molar-refractivity contribution >= 4 is 23.0 Å². The molecule has 10 nitrogen and oxygen atoms in total. The van der Waals surface area contributed by atoms with Gasteiger partial charge in [-0.1, -0.05) is 23.8 Å². The van der Waals surface area contributed by atoms with Crippen LogP contribution in [0.25, 0.3) is 16.6 Å². The number of H-pyrrole nitrogens is 1. The first-order valence-electron chi connectivity index (χ1n) is 10.5. The zero-order valence-corrected chi connectivity index (χ0v) is 19.1. The predicted molar refractivity (Wildman–Crippen MR) is 130 cm³/mol. The number of nitrogens with zero attached hydrogens (tertiary/aromatic N) is 4. The van der Waals surface area contributed by atoms with Crippen molar-refractivity contribution in [1.82, 2.24) is 20.2 Å². The fraction of sp³-hybridized carbons (Fsp3) is 0.120. The fourth-order valence-electron chi connectivity index (χ4n) is 3.57. The van der Waals surface area contributed by atoms with Crippen molar-refractivity contribution in [3.05, 3.63) is 97.2 Å². The zero-order valence-electron chi connectivity index (χ0n) is 19.1. The molecule has 0 fully saturated rings. The van der Waals surface area contributed by atoms with Crippen LogP contribution in [-0.2, 0) is 0 Å². The van der Waals surface area contributed by atoms with Crippen molar-refractivity contribution in [2.24, 2.45) is 5.10 Å². The lowest BCUT2D eigenvalue weighted by molar-refractivity contribution is 0.0947. The van der Waals surface area contributed by atoms with Gasteiger partial charge in [0.05, 0.1) is 18.9 Å². The van der Waals surface area contributed by atoms with Crippen LogP contribution >= 0.6 is 0 Å². The second-order valence-electron chi connectivity index (χ2n) is 7.69. The standard InChI is InChI=1S/C25H20N6O4/c1-14-8-9-19-16(10-14)11-17(23(32)28-19)13-27-29-24(33)22-15(2)18(12-26)25(34)31(30-22)20-6-4-5-7-21(20)35-3/h4-11,13H,1-3H3,(H,28,32)(H,29,33)/b27-13+. The molecule has 0 aliphatic carbocycles. The first kappa shape index (κ1) is 23.1. The van der Waals surface area contributed by atoms with E-state index in [-0.39, 0.29) is 33.6 Å². The largest absolute Gasteiger partial charge is 0.494 e. The number of benzene rings is 2. The number of para-hydroxylation sites is 2. The lowest BCUT2D eigenvalue weighted by atomic mass is 10.1. The van der Waals surface area contributed by atoms with Crippen LogP contribution in [0, 0.1) is 25.2 Å². The maximum absolute atomic E-state index is 12.9. The van der Waals surface area contributed by atoms with Crippen LogP contribution in [-0.4, -0.2) is 34.0 Å². The molecule has 35 heavy (non-hydrogen) atoms. The van der Waals surface area contributed by atoms with Crippen LogP contribution in [0.3, 0.4) is 0 Å². The number of aromatic amines is 1. The van der Waals surface area contributed by atoms with E-state index in [0.717, 1.165) is 15.6 Å². The number of rotatable bonds is 5. The van der Waals surface area contributed by atoms with E-state index < -0.39 is 11.5 Å². The first-order valence-corrected chi connectivity index (χ1v) is 10.5. The summed E-state index contributed by atoms with van der Waals surface area (Å²) in [5.74, 6) is -0.419. The van der Waals surface area contributed by atoms with Crippen LogP contribution in [0.1, 0.15) is 32.7 Å². The number of hydrazone groups is 1. The molecule has 0 saturated heterocycles. The topological polar surface area (TPSA) is 142 Å². The molecule has 2 aromatic heterocycles. The van der Waals surface area contributed by atoms with Crippen molar-refractivity contribution in [1.29, 1.82) is 5.26 Å². The summed E-state index contributed by atoms with van der Waals surface area (Å²) in [5.41, 5.74) is 3.18. The molecule has 2 heterocycles. The summed E-state index contributed by atoms with van der Waals surface area (Å²) in [6, 6.07) is 15.7. The monoisotopic (exact) mass is 468 g/mol. The Hall–Kier alpha value is -5.04. The Labute approximate surface area is 199 Å². The molecule has 0 bridgehead atoms. The number of nitrogens with one attached hydrogen (secondary N) is 2. The minimum Gasteiger partial charge on any atom is -0.494 e. The number of ether oxygens (including phenoxy) is 1. The Morgan fingerprint density at radius 3 is 2.71 bits per heavy atom. The highest BCUT2D eigenvalue weighted by atomic mass is 16.5. The van der Waals surface area contributed by atoms with Gasteiger partial charge in [0.1, 0.15) is 23.1 Å². The van der Waals surface area contributed by atoms with Crippen molar-refractivity contribution in [2.45, 2.75) is 13.8 Å². The van der Waals surface area contributed by atoms with Crippen LogP contribution < -0.4 is 21.3 Å². The summed E-state index contributed by atoms with van der Waals surface area (Å²) >= 11 is 0. The maximum atomic E-state index is 12.9. The van der Waals surface area contributed by atoms with Crippen LogP contribution in [0.5, 0.6) is 5.75 Å². The minimum atomic E-state index is -0.757. The molecule has 0 unspecified atom stereocenters. The molecule has 1 amide bonds. The predicted octanol–water partition coefficient (Wildman–Crippen LogP) is 2.34. The van der Waals surface area contributed by atoms with E-state index in [9.17, 15) is 19.6 Å². The normalized spacial score (nSPS) is 10.9. The number of aromatic nitrogens is 3. The maximum Gasteiger partial charge on any atom is 0.292 e. The molecular formula is C25H20N6O4. The van der Waals surface area contributed by atoms with Crippen LogP contribution in [0.4, 0.5) is 0 Å². The molecule has 4 aromatic rings. The van der Waals surface area contributed by atoms with Gasteiger partial charge in [-0.25, -0.2) is 5.43 Å². The van der Waals surface area contributed by atoms with Gasteiger partial charge in [0.2, 0.25) is 0 Å². The summed E-state index contributed by atoms with van der Waals surface area (Å²) in [7, 11) is 1.43. The van der Waals surface area contributed by atoms with E-state index in [1.807, 2.05) is 31.2 Å². The molecule has 0 aliphatic heterocycles. The quantitative estimate of drug-likeness (QED) is 0.340. The van der Waals surface area contributed by atoms with Crippen molar-refractivity contribution in [2.75, 3.05) is 7.11 Å². The highest BCUT2D eigenvalue weighted by molar-refractivity contribution is 5.95. The number of pyridine rings is 1. The smallest absolute Gasteiger partial charge is 0.292 e. The van der Waals surface area contributed by atoms with Crippen LogP contribution in [0.2, 0.25) is 0 Å². The van der Waals surface area contributed by atoms with Gasteiger partial charge in [-0.15, -0.1) is 0 Å². The van der Waals surface area contributed by atoms with Crippen molar-refractivity contribution in [3.63, 3.8) is 0 Å².